The van der Waals surface area contributed by atoms with Crippen molar-refractivity contribution in [2.75, 3.05) is 5.32 Å². The number of carbonyl (C=O) groups is 1. The molecule has 4 heteroatoms. The number of benzene rings is 1. The van der Waals surface area contributed by atoms with E-state index in [1.54, 1.807) is 18.2 Å². The summed E-state index contributed by atoms with van der Waals surface area (Å²) in [6.07, 6.45) is 2.36. The molecule has 0 aromatic heterocycles. The highest BCUT2D eigenvalue weighted by Crippen LogP contribution is 2.25. The van der Waals surface area contributed by atoms with Crippen LogP contribution in [0, 0.1) is 11.7 Å². The van der Waals surface area contributed by atoms with E-state index in [4.69, 9.17) is 5.73 Å². The molecule has 16 heavy (non-hydrogen) atoms. The highest BCUT2D eigenvalue weighted by atomic mass is 19.1. The van der Waals surface area contributed by atoms with E-state index in [1.807, 2.05) is 0 Å². The molecule has 2 atom stereocenters. The van der Waals surface area contributed by atoms with E-state index >= 15 is 0 Å². The van der Waals surface area contributed by atoms with Gasteiger partial charge in [0.2, 0.25) is 5.91 Å². The summed E-state index contributed by atoms with van der Waals surface area (Å²) < 4.78 is 13.3. The molecule has 2 rings (SSSR count). The molecule has 86 valence electrons. The number of amides is 1. The molecule has 0 saturated heterocycles. The summed E-state index contributed by atoms with van der Waals surface area (Å²) in [6, 6.07) is 6.28. The molecule has 1 fully saturated rings. The molecule has 1 saturated carbocycles. The van der Waals surface area contributed by atoms with Crippen molar-refractivity contribution in [3.63, 3.8) is 0 Å². The summed E-state index contributed by atoms with van der Waals surface area (Å²) in [5, 5.41) is 2.60. The lowest BCUT2D eigenvalue weighted by Gasteiger charge is -2.11. The van der Waals surface area contributed by atoms with Gasteiger partial charge in [-0.15, -0.1) is 0 Å². The van der Waals surface area contributed by atoms with Crippen molar-refractivity contribution < 1.29 is 9.18 Å². The first-order valence-corrected chi connectivity index (χ1v) is 5.48. The lowest BCUT2D eigenvalue weighted by Crippen LogP contribution is -2.23. The Morgan fingerprint density at radius 1 is 1.38 bits per heavy atom. The Hall–Kier alpha value is -1.42. The number of hydrogen-bond donors (Lipinski definition) is 2. The second kappa shape index (κ2) is 4.61. The van der Waals surface area contributed by atoms with Crippen molar-refractivity contribution in [1.29, 1.82) is 0 Å². The molecule has 1 amide bonds. The standard InChI is InChI=1S/C12H15FN2O/c13-10-3-1-2-4-11(10)15-12(16)8-5-6-9(14)7-8/h1-4,8-9H,5-7,14H2,(H,15,16). The third-order valence-electron chi connectivity index (χ3n) is 2.98. The van der Waals surface area contributed by atoms with Crippen LogP contribution < -0.4 is 11.1 Å². The maximum Gasteiger partial charge on any atom is 0.227 e. The van der Waals surface area contributed by atoms with E-state index in [0.717, 1.165) is 12.8 Å². The molecule has 0 heterocycles. The van der Waals surface area contributed by atoms with Crippen LogP contribution in [0.1, 0.15) is 19.3 Å². The fourth-order valence-corrected chi connectivity index (χ4v) is 2.05. The molecule has 0 bridgehead atoms. The number of nitrogens with one attached hydrogen (secondary N) is 1. The zero-order valence-corrected chi connectivity index (χ0v) is 8.95. The largest absolute Gasteiger partial charge is 0.328 e. The van der Waals surface area contributed by atoms with Gasteiger partial charge in [-0.25, -0.2) is 4.39 Å². The van der Waals surface area contributed by atoms with Gasteiger partial charge >= 0.3 is 0 Å². The third-order valence-corrected chi connectivity index (χ3v) is 2.98. The predicted molar refractivity (Wildman–Crippen MR) is 60.3 cm³/mol. The Morgan fingerprint density at radius 3 is 2.75 bits per heavy atom. The van der Waals surface area contributed by atoms with Gasteiger partial charge in [0, 0.05) is 12.0 Å². The molecule has 1 aliphatic carbocycles. The highest BCUT2D eigenvalue weighted by Gasteiger charge is 2.27. The predicted octanol–water partition coefficient (Wildman–Crippen LogP) is 1.89. The summed E-state index contributed by atoms with van der Waals surface area (Å²) in [7, 11) is 0. The van der Waals surface area contributed by atoms with Gasteiger partial charge in [0.05, 0.1) is 5.69 Å². The number of anilines is 1. The van der Waals surface area contributed by atoms with Crippen molar-refractivity contribution in [3.8, 4) is 0 Å². The number of hydrogen-bond acceptors (Lipinski definition) is 2. The molecule has 0 spiro atoms. The number of para-hydroxylation sites is 1. The Kier molecular flexibility index (Phi) is 3.19. The average molecular weight is 222 g/mol. The lowest BCUT2D eigenvalue weighted by molar-refractivity contribution is -0.119. The van der Waals surface area contributed by atoms with Crippen LogP contribution in [0.15, 0.2) is 24.3 Å². The molecule has 0 radical (unpaired) electrons. The smallest absolute Gasteiger partial charge is 0.227 e. The molecule has 3 nitrogen and oxygen atoms in total. The van der Waals surface area contributed by atoms with Crippen LogP contribution in [0.4, 0.5) is 10.1 Å². The Balaban J connectivity index is 2.00. The van der Waals surface area contributed by atoms with Gasteiger partial charge in [-0.2, -0.15) is 0 Å². The third kappa shape index (κ3) is 2.39. The van der Waals surface area contributed by atoms with Crippen LogP contribution in [0.2, 0.25) is 0 Å². The van der Waals surface area contributed by atoms with Gasteiger partial charge in [-0.1, -0.05) is 12.1 Å². The number of rotatable bonds is 2. The van der Waals surface area contributed by atoms with Gasteiger partial charge in [-0.3, -0.25) is 4.79 Å². The van der Waals surface area contributed by atoms with Crippen molar-refractivity contribution in [3.05, 3.63) is 30.1 Å². The lowest BCUT2D eigenvalue weighted by atomic mass is 10.1. The summed E-state index contributed by atoms with van der Waals surface area (Å²) in [5.41, 5.74) is 5.98. The molecular weight excluding hydrogens is 207 g/mol. The van der Waals surface area contributed by atoms with Gasteiger partial charge in [0.25, 0.3) is 0 Å². The minimum absolute atomic E-state index is 0.0744. The Bertz CT molecular complexity index is 394. The number of carbonyl (C=O) groups excluding carboxylic acids is 1. The molecule has 1 aromatic carbocycles. The van der Waals surface area contributed by atoms with Gasteiger partial charge in [-0.05, 0) is 31.4 Å². The van der Waals surface area contributed by atoms with E-state index in [9.17, 15) is 9.18 Å². The van der Waals surface area contributed by atoms with Gasteiger partial charge < -0.3 is 11.1 Å². The van der Waals surface area contributed by atoms with E-state index in [-0.39, 0.29) is 23.6 Å². The monoisotopic (exact) mass is 222 g/mol. The van der Waals surface area contributed by atoms with E-state index in [1.165, 1.54) is 6.07 Å². The zero-order chi connectivity index (χ0) is 11.5. The SMILES string of the molecule is NC1CCC(C(=O)Nc2ccccc2F)C1. The van der Waals surface area contributed by atoms with E-state index in [0.29, 0.717) is 6.42 Å². The maximum absolute atomic E-state index is 13.3. The molecule has 1 aromatic rings. The van der Waals surface area contributed by atoms with Crippen LogP contribution in [0.5, 0.6) is 0 Å². The number of nitrogens with two attached hydrogens (primary N) is 1. The summed E-state index contributed by atoms with van der Waals surface area (Å²) in [4.78, 5) is 11.8. The quantitative estimate of drug-likeness (QED) is 0.802. The molecule has 2 unspecified atom stereocenters. The van der Waals surface area contributed by atoms with Crippen LogP contribution in [-0.2, 0) is 4.79 Å². The minimum Gasteiger partial charge on any atom is -0.328 e. The minimum atomic E-state index is -0.404. The van der Waals surface area contributed by atoms with Crippen LogP contribution >= 0.6 is 0 Å². The van der Waals surface area contributed by atoms with Crippen LogP contribution in [0.3, 0.4) is 0 Å². The van der Waals surface area contributed by atoms with Gasteiger partial charge in [0.1, 0.15) is 5.82 Å². The van der Waals surface area contributed by atoms with Gasteiger partial charge in [0.15, 0.2) is 0 Å². The first kappa shape index (κ1) is 11.1. The first-order chi connectivity index (χ1) is 7.66. The molecule has 0 aliphatic heterocycles. The number of halogens is 1. The van der Waals surface area contributed by atoms with Crippen molar-refractivity contribution >= 4 is 11.6 Å². The second-order valence-electron chi connectivity index (χ2n) is 4.24. The fourth-order valence-electron chi connectivity index (χ4n) is 2.05. The maximum atomic E-state index is 13.3. The van der Waals surface area contributed by atoms with Crippen molar-refractivity contribution in [2.45, 2.75) is 25.3 Å². The van der Waals surface area contributed by atoms with E-state index in [2.05, 4.69) is 5.32 Å². The molecule has 1 aliphatic rings. The van der Waals surface area contributed by atoms with Crippen LogP contribution in [0.25, 0.3) is 0 Å². The zero-order valence-electron chi connectivity index (χ0n) is 8.95. The van der Waals surface area contributed by atoms with Crippen molar-refractivity contribution in [1.82, 2.24) is 0 Å². The summed E-state index contributed by atoms with van der Waals surface area (Å²) >= 11 is 0. The Morgan fingerprint density at radius 2 is 2.12 bits per heavy atom. The topological polar surface area (TPSA) is 55.1 Å². The summed E-state index contributed by atoms with van der Waals surface area (Å²) in [6.45, 7) is 0. The highest BCUT2D eigenvalue weighted by molar-refractivity contribution is 5.92. The first-order valence-electron chi connectivity index (χ1n) is 5.48. The summed E-state index contributed by atoms with van der Waals surface area (Å²) in [5.74, 6) is -0.606. The fraction of sp³-hybridized carbons (Fsp3) is 0.417. The Labute approximate surface area is 93.8 Å². The normalized spacial score (nSPS) is 24.4. The second-order valence-corrected chi connectivity index (χ2v) is 4.24. The molecule has 3 N–H and O–H groups in total. The average Bonchev–Trinajstić information content (AvgIpc) is 2.68. The molecular formula is C12H15FN2O. The van der Waals surface area contributed by atoms with Crippen LogP contribution in [-0.4, -0.2) is 11.9 Å². The van der Waals surface area contributed by atoms with Crippen molar-refractivity contribution in [2.24, 2.45) is 11.7 Å². The van der Waals surface area contributed by atoms with E-state index < -0.39 is 5.82 Å².